The highest BCUT2D eigenvalue weighted by molar-refractivity contribution is 6.31. The smallest absolute Gasteiger partial charge is 0.325 e. The summed E-state index contributed by atoms with van der Waals surface area (Å²) in [5, 5.41) is 6.35. The predicted molar refractivity (Wildman–Crippen MR) is 122 cm³/mol. The number of fused-ring (bicyclic) bond motifs is 2. The highest BCUT2D eigenvalue weighted by Gasteiger charge is 2.54. The molecule has 2 aliphatic rings. The largest absolute Gasteiger partial charge is 0.353 e. The molecule has 0 bridgehead atoms. The van der Waals surface area contributed by atoms with E-state index < -0.39 is 17.5 Å². The average Bonchev–Trinajstić information content (AvgIpc) is 3.00. The fraction of sp³-hybridized carbons (Fsp3) is 0.375. The third-order valence-electron chi connectivity index (χ3n) is 6.33. The first-order chi connectivity index (χ1) is 15.3. The van der Waals surface area contributed by atoms with Gasteiger partial charge < -0.3 is 15.5 Å². The number of hydrogen-bond donors (Lipinski definition) is 2. The number of likely N-dealkylation sites (N-methyl/N-ethyl adjacent to an activating group) is 1. The molecule has 0 aromatic heterocycles. The molecule has 4 rings (SSSR count). The van der Waals surface area contributed by atoms with Gasteiger partial charge in [-0.3, -0.25) is 14.5 Å². The maximum Gasteiger partial charge on any atom is 0.325 e. The Morgan fingerprint density at radius 2 is 1.91 bits per heavy atom. The first-order valence-corrected chi connectivity index (χ1v) is 11.1. The monoisotopic (exact) mass is 454 g/mol. The van der Waals surface area contributed by atoms with Crippen LogP contribution in [-0.4, -0.2) is 54.8 Å². The molecule has 8 heteroatoms. The molecule has 7 nitrogen and oxygen atoms in total. The number of nitrogens with one attached hydrogen (secondary N) is 2. The van der Waals surface area contributed by atoms with E-state index in [0.717, 1.165) is 34.4 Å². The summed E-state index contributed by atoms with van der Waals surface area (Å²) in [5.74, 6) is -0.756. The van der Waals surface area contributed by atoms with Gasteiger partial charge in [0.25, 0.3) is 5.91 Å². The summed E-state index contributed by atoms with van der Waals surface area (Å²) in [6.07, 6.45) is 2.20. The van der Waals surface area contributed by atoms with Crippen molar-refractivity contribution < 1.29 is 14.4 Å². The summed E-state index contributed by atoms with van der Waals surface area (Å²) in [7, 11) is 3.81. The number of halogens is 1. The third-order valence-corrected chi connectivity index (χ3v) is 6.68. The van der Waals surface area contributed by atoms with Gasteiger partial charge in [0.05, 0.1) is 6.04 Å². The summed E-state index contributed by atoms with van der Waals surface area (Å²) in [6, 6.07) is 14.5. The molecule has 2 aromatic carbocycles. The van der Waals surface area contributed by atoms with Crippen molar-refractivity contribution in [2.75, 3.05) is 27.2 Å². The molecule has 0 saturated carbocycles. The van der Waals surface area contributed by atoms with Crippen LogP contribution in [-0.2, 0) is 21.5 Å². The van der Waals surface area contributed by atoms with E-state index in [-0.39, 0.29) is 18.5 Å². The standard InChI is InChI=1S/C24H27ClN4O3/c1-28(2)20(17-10-4-6-12-19(17)25)14-26-21(30)15-29-22(31)24(27-23(29)32)13-7-9-16-8-3-5-11-18(16)24/h3-6,8,10-12,20H,7,9,13-15H2,1-2H3,(H,26,30)(H,27,32). The van der Waals surface area contributed by atoms with Gasteiger partial charge in [0.1, 0.15) is 12.1 Å². The Labute approximate surface area is 192 Å². The first kappa shape index (κ1) is 22.3. The number of rotatable bonds is 6. The van der Waals surface area contributed by atoms with Crippen LogP contribution >= 0.6 is 11.6 Å². The maximum atomic E-state index is 13.3. The highest BCUT2D eigenvalue weighted by atomic mass is 35.5. The number of carbonyl (C=O) groups is 3. The van der Waals surface area contributed by atoms with E-state index in [1.807, 2.05) is 67.5 Å². The number of benzene rings is 2. The van der Waals surface area contributed by atoms with Crippen LogP contribution in [0.4, 0.5) is 4.79 Å². The van der Waals surface area contributed by atoms with Crippen molar-refractivity contribution in [1.29, 1.82) is 0 Å². The minimum Gasteiger partial charge on any atom is -0.353 e. The van der Waals surface area contributed by atoms with Crippen LogP contribution in [0.1, 0.15) is 35.6 Å². The van der Waals surface area contributed by atoms with Crippen molar-refractivity contribution in [2.45, 2.75) is 30.8 Å². The number of urea groups is 1. The fourth-order valence-corrected chi connectivity index (χ4v) is 4.94. The molecule has 168 valence electrons. The van der Waals surface area contributed by atoms with Crippen molar-refractivity contribution in [1.82, 2.24) is 20.4 Å². The molecule has 1 fully saturated rings. The second-order valence-corrected chi connectivity index (χ2v) is 8.95. The van der Waals surface area contributed by atoms with E-state index in [4.69, 9.17) is 11.6 Å². The molecule has 1 heterocycles. The Hall–Kier alpha value is -2.90. The Balaban J connectivity index is 1.46. The zero-order valence-electron chi connectivity index (χ0n) is 18.2. The number of nitrogens with zero attached hydrogens (tertiary/aromatic N) is 2. The summed E-state index contributed by atoms with van der Waals surface area (Å²) < 4.78 is 0. The van der Waals surface area contributed by atoms with Crippen molar-refractivity contribution >= 4 is 29.4 Å². The van der Waals surface area contributed by atoms with Crippen LogP contribution in [0.5, 0.6) is 0 Å². The van der Waals surface area contributed by atoms with Crippen LogP contribution in [0, 0.1) is 0 Å². The van der Waals surface area contributed by atoms with E-state index in [0.29, 0.717) is 18.0 Å². The molecule has 1 spiro atoms. The third kappa shape index (κ3) is 3.98. The van der Waals surface area contributed by atoms with Crippen LogP contribution in [0.3, 0.4) is 0 Å². The molecule has 2 aromatic rings. The molecular weight excluding hydrogens is 428 g/mol. The van der Waals surface area contributed by atoms with E-state index >= 15 is 0 Å². The summed E-state index contributed by atoms with van der Waals surface area (Å²) >= 11 is 6.33. The van der Waals surface area contributed by atoms with Crippen LogP contribution in [0.2, 0.25) is 5.02 Å². The maximum absolute atomic E-state index is 13.3. The molecular formula is C24H27ClN4O3. The molecule has 4 amide bonds. The average molecular weight is 455 g/mol. The van der Waals surface area contributed by atoms with Gasteiger partial charge in [0.15, 0.2) is 0 Å². The van der Waals surface area contributed by atoms with E-state index in [2.05, 4.69) is 10.6 Å². The van der Waals surface area contributed by atoms with Crippen molar-refractivity contribution in [3.8, 4) is 0 Å². The van der Waals surface area contributed by atoms with Crippen molar-refractivity contribution in [2.24, 2.45) is 0 Å². The Morgan fingerprint density at radius 3 is 2.66 bits per heavy atom. The zero-order chi connectivity index (χ0) is 22.9. The number of carbonyl (C=O) groups excluding carboxylic acids is 3. The quantitative estimate of drug-likeness (QED) is 0.657. The van der Waals surface area contributed by atoms with Gasteiger partial charge >= 0.3 is 6.03 Å². The predicted octanol–water partition coefficient (Wildman–Crippen LogP) is 2.84. The second-order valence-electron chi connectivity index (χ2n) is 8.54. The minimum atomic E-state index is -1.07. The van der Waals surface area contributed by atoms with Crippen LogP contribution < -0.4 is 10.6 Å². The summed E-state index contributed by atoms with van der Waals surface area (Å²) in [6.45, 7) is -0.0234. The lowest BCUT2D eigenvalue weighted by Crippen LogP contribution is -2.47. The Kier molecular flexibility index (Phi) is 6.22. The molecule has 1 saturated heterocycles. The lowest BCUT2D eigenvalue weighted by atomic mass is 9.76. The van der Waals surface area contributed by atoms with Gasteiger partial charge in [0, 0.05) is 11.6 Å². The highest BCUT2D eigenvalue weighted by Crippen LogP contribution is 2.39. The number of aryl methyl sites for hydroxylation is 1. The van der Waals surface area contributed by atoms with Gasteiger partial charge in [-0.2, -0.15) is 0 Å². The second kappa shape index (κ2) is 8.92. The normalized spacial score (nSPS) is 20.9. The Bertz CT molecular complexity index is 1060. The molecule has 0 radical (unpaired) electrons. The van der Waals surface area contributed by atoms with E-state index in [9.17, 15) is 14.4 Å². The minimum absolute atomic E-state index is 0.146. The summed E-state index contributed by atoms with van der Waals surface area (Å²) in [4.78, 5) is 41.7. The number of amides is 4. The fourth-order valence-electron chi connectivity index (χ4n) is 4.68. The summed E-state index contributed by atoms with van der Waals surface area (Å²) in [5.41, 5.74) is 1.72. The SMILES string of the molecule is CN(C)C(CNC(=O)CN1C(=O)NC2(CCCc3ccccc32)C1=O)c1ccccc1Cl. The van der Waals surface area contributed by atoms with Crippen LogP contribution in [0.15, 0.2) is 48.5 Å². The van der Waals surface area contributed by atoms with Gasteiger partial charge in [0.2, 0.25) is 5.91 Å². The topological polar surface area (TPSA) is 81.8 Å². The molecule has 2 unspecified atom stereocenters. The molecule has 1 aliphatic carbocycles. The van der Waals surface area contributed by atoms with E-state index in [1.165, 1.54) is 0 Å². The zero-order valence-corrected chi connectivity index (χ0v) is 19.0. The first-order valence-electron chi connectivity index (χ1n) is 10.7. The van der Waals surface area contributed by atoms with Gasteiger partial charge in [-0.15, -0.1) is 0 Å². The lowest BCUT2D eigenvalue weighted by molar-refractivity contribution is -0.135. The molecule has 2 atom stereocenters. The van der Waals surface area contributed by atoms with Crippen molar-refractivity contribution in [3.05, 3.63) is 70.2 Å². The van der Waals surface area contributed by atoms with E-state index in [1.54, 1.807) is 0 Å². The van der Waals surface area contributed by atoms with Gasteiger partial charge in [-0.1, -0.05) is 54.1 Å². The Morgan fingerprint density at radius 1 is 1.19 bits per heavy atom. The number of hydrogen-bond acceptors (Lipinski definition) is 4. The van der Waals surface area contributed by atoms with Crippen molar-refractivity contribution in [3.63, 3.8) is 0 Å². The molecule has 1 aliphatic heterocycles. The molecule has 32 heavy (non-hydrogen) atoms. The van der Waals surface area contributed by atoms with Gasteiger partial charge in [-0.05, 0) is 56.1 Å². The van der Waals surface area contributed by atoms with Gasteiger partial charge in [-0.25, -0.2) is 4.79 Å². The lowest BCUT2D eigenvalue weighted by Gasteiger charge is -2.33. The van der Waals surface area contributed by atoms with Crippen LogP contribution in [0.25, 0.3) is 0 Å². The molecule has 2 N–H and O–H groups in total. The number of imide groups is 1.